The number of hydrogen-bond donors (Lipinski definition) is 0. The van der Waals surface area contributed by atoms with Crippen LogP contribution in [0.1, 0.15) is 57.1 Å². The first-order valence-electron chi connectivity index (χ1n) is 6.28. The highest BCUT2D eigenvalue weighted by Gasteiger charge is 2.46. The molecule has 4 heteroatoms. The second kappa shape index (κ2) is 4.41. The number of fused-ring (bicyclic) bond motifs is 1. The van der Waals surface area contributed by atoms with E-state index in [0.717, 1.165) is 17.5 Å². The van der Waals surface area contributed by atoms with E-state index < -0.39 is 6.29 Å². The van der Waals surface area contributed by atoms with Crippen LogP contribution in [0.15, 0.2) is 12.1 Å². The van der Waals surface area contributed by atoms with Gasteiger partial charge in [0.2, 0.25) is 0 Å². The standard InChI is InChI=1S/C14H18F2O2/c1-5-9(4)11-7-6-10(8(2)3)12-13(11)18-14(15,16)17-12/h6-9H,5H2,1-4H3. The van der Waals surface area contributed by atoms with Gasteiger partial charge in [0.05, 0.1) is 0 Å². The summed E-state index contributed by atoms with van der Waals surface area (Å²) in [6.45, 7) is 7.89. The fourth-order valence-electron chi connectivity index (χ4n) is 2.12. The van der Waals surface area contributed by atoms with Crippen molar-refractivity contribution >= 4 is 0 Å². The van der Waals surface area contributed by atoms with Gasteiger partial charge < -0.3 is 9.47 Å². The number of halogens is 2. The van der Waals surface area contributed by atoms with Gasteiger partial charge in [-0.1, -0.05) is 39.8 Å². The van der Waals surface area contributed by atoms with Crippen LogP contribution in [-0.4, -0.2) is 6.29 Å². The topological polar surface area (TPSA) is 18.5 Å². The highest BCUT2D eigenvalue weighted by molar-refractivity contribution is 5.56. The molecule has 0 amide bonds. The van der Waals surface area contributed by atoms with Crippen LogP contribution >= 0.6 is 0 Å². The van der Waals surface area contributed by atoms with Crippen molar-refractivity contribution in [3.05, 3.63) is 23.3 Å². The van der Waals surface area contributed by atoms with Gasteiger partial charge >= 0.3 is 6.29 Å². The molecule has 18 heavy (non-hydrogen) atoms. The molecular formula is C14H18F2O2. The molecule has 0 fully saturated rings. The van der Waals surface area contributed by atoms with Crippen molar-refractivity contribution in [3.63, 3.8) is 0 Å². The van der Waals surface area contributed by atoms with Gasteiger partial charge in [-0.3, -0.25) is 0 Å². The zero-order valence-electron chi connectivity index (χ0n) is 11.1. The summed E-state index contributed by atoms with van der Waals surface area (Å²) >= 11 is 0. The summed E-state index contributed by atoms with van der Waals surface area (Å²) in [5.74, 6) is 0.688. The first-order chi connectivity index (χ1) is 8.35. The van der Waals surface area contributed by atoms with Crippen molar-refractivity contribution < 1.29 is 18.3 Å². The Bertz CT molecular complexity index is 455. The Hall–Kier alpha value is -1.32. The molecule has 0 bridgehead atoms. The van der Waals surface area contributed by atoms with E-state index in [1.165, 1.54) is 0 Å². The van der Waals surface area contributed by atoms with Crippen LogP contribution in [-0.2, 0) is 0 Å². The minimum atomic E-state index is -3.55. The lowest BCUT2D eigenvalue weighted by Gasteiger charge is -2.15. The van der Waals surface area contributed by atoms with Crippen molar-refractivity contribution in [2.45, 2.75) is 52.2 Å². The van der Waals surface area contributed by atoms with Crippen molar-refractivity contribution in [2.75, 3.05) is 0 Å². The molecule has 2 nitrogen and oxygen atoms in total. The highest BCUT2D eigenvalue weighted by Crippen LogP contribution is 2.49. The minimum Gasteiger partial charge on any atom is -0.395 e. The van der Waals surface area contributed by atoms with E-state index in [9.17, 15) is 8.78 Å². The molecular weight excluding hydrogens is 238 g/mol. The largest absolute Gasteiger partial charge is 0.586 e. The van der Waals surface area contributed by atoms with E-state index in [1.807, 2.05) is 39.8 Å². The maximum absolute atomic E-state index is 13.3. The maximum Gasteiger partial charge on any atom is 0.586 e. The Morgan fingerprint density at radius 2 is 1.56 bits per heavy atom. The average Bonchev–Trinajstić information content (AvgIpc) is 2.60. The predicted molar refractivity (Wildman–Crippen MR) is 65.4 cm³/mol. The van der Waals surface area contributed by atoms with Gasteiger partial charge in [-0.05, 0) is 18.3 Å². The number of alkyl halides is 2. The molecule has 0 aromatic heterocycles. The second-order valence-corrected chi connectivity index (χ2v) is 5.03. The number of rotatable bonds is 3. The fourth-order valence-corrected chi connectivity index (χ4v) is 2.12. The number of ether oxygens (including phenoxy) is 2. The molecule has 0 spiro atoms. The number of hydrogen-bond acceptors (Lipinski definition) is 2. The molecule has 0 N–H and O–H groups in total. The van der Waals surface area contributed by atoms with E-state index >= 15 is 0 Å². The monoisotopic (exact) mass is 256 g/mol. The van der Waals surface area contributed by atoms with E-state index in [2.05, 4.69) is 9.47 Å². The van der Waals surface area contributed by atoms with Crippen LogP contribution in [0.3, 0.4) is 0 Å². The summed E-state index contributed by atoms with van der Waals surface area (Å²) in [5, 5.41) is 0. The van der Waals surface area contributed by atoms with Crippen LogP contribution < -0.4 is 9.47 Å². The van der Waals surface area contributed by atoms with Gasteiger partial charge in [0, 0.05) is 11.1 Å². The Labute approximate surface area is 106 Å². The lowest BCUT2D eigenvalue weighted by molar-refractivity contribution is -0.287. The molecule has 1 unspecified atom stereocenters. The van der Waals surface area contributed by atoms with Crippen LogP contribution in [0.4, 0.5) is 8.78 Å². The number of benzene rings is 1. The first-order valence-corrected chi connectivity index (χ1v) is 6.28. The third kappa shape index (κ3) is 2.16. The predicted octanol–water partition coefficient (Wildman–Crippen LogP) is 4.65. The molecule has 1 aromatic carbocycles. The third-order valence-electron chi connectivity index (χ3n) is 3.38. The summed E-state index contributed by atoms with van der Waals surface area (Å²) in [6, 6.07) is 3.73. The van der Waals surface area contributed by atoms with Gasteiger partial charge in [0.1, 0.15) is 0 Å². The second-order valence-electron chi connectivity index (χ2n) is 5.03. The van der Waals surface area contributed by atoms with Gasteiger partial charge in [-0.15, -0.1) is 8.78 Å². The Morgan fingerprint density at radius 3 is 2.06 bits per heavy atom. The molecule has 100 valence electrons. The average molecular weight is 256 g/mol. The van der Waals surface area contributed by atoms with Crippen LogP contribution in [0, 0.1) is 0 Å². The van der Waals surface area contributed by atoms with Crippen molar-refractivity contribution in [2.24, 2.45) is 0 Å². The van der Waals surface area contributed by atoms with Crippen molar-refractivity contribution in [1.82, 2.24) is 0 Å². The summed E-state index contributed by atoms with van der Waals surface area (Å²) in [6.07, 6.45) is -2.68. The van der Waals surface area contributed by atoms with Crippen LogP contribution in [0.5, 0.6) is 11.5 Å². The van der Waals surface area contributed by atoms with Crippen LogP contribution in [0.25, 0.3) is 0 Å². The first kappa shape index (κ1) is 13.1. The Morgan fingerprint density at radius 1 is 1.06 bits per heavy atom. The zero-order valence-corrected chi connectivity index (χ0v) is 11.1. The molecule has 0 aliphatic carbocycles. The molecule has 2 rings (SSSR count). The molecule has 1 atom stereocenters. The SMILES string of the molecule is CCC(C)c1ccc(C(C)C)c2c1OC(F)(F)O2. The smallest absolute Gasteiger partial charge is 0.395 e. The van der Waals surface area contributed by atoms with Gasteiger partial charge in [0.15, 0.2) is 11.5 Å². The molecule has 1 aromatic rings. The quantitative estimate of drug-likeness (QED) is 0.784. The van der Waals surface area contributed by atoms with Gasteiger partial charge in [-0.25, -0.2) is 0 Å². The van der Waals surface area contributed by atoms with E-state index in [0.29, 0.717) is 0 Å². The zero-order chi connectivity index (χ0) is 13.5. The minimum absolute atomic E-state index is 0.113. The summed E-state index contributed by atoms with van der Waals surface area (Å²) in [5.41, 5.74) is 1.54. The highest BCUT2D eigenvalue weighted by atomic mass is 19.3. The molecule has 1 aliphatic rings. The van der Waals surface area contributed by atoms with Gasteiger partial charge in [-0.2, -0.15) is 0 Å². The van der Waals surface area contributed by atoms with Gasteiger partial charge in [0.25, 0.3) is 0 Å². The van der Waals surface area contributed by atoms with Crippen molar-refractivity contribution in [3.8, 4) is 11.5 Å². The molecule has 0 saturated heterocycles. The normalized spacial score (nSPS) is 18.2. The third-order valence-corrected chi connectivity index (χ3v) is 3.38. The van der Waals surface area contributed by atoms with Crippen LogP contribution in [0.2, 0.25) is 0 Å². The summed E-state index contributed by atoms with van der Waals surface area (Å²) in [4.78, 5) is 0. The lowest BCUT2D eigenvalue weighted by atomic mass is 9.93. The summed E-state index contributed by atoms with van der Waals surface area (Å²) in [7, 11) is 0. The van der Waals surface area contributed by atoms with E-state index in [4.69, 9.17) is 0 Å². The van der Waals surface area contributed by atoms with E-state index in [1.54, 1.807) is 0 Å². The van der Waals surface area contributed by atoms with Crippen molar-refractivity contribution in [1.29, 1.82) is 0 Å². The molecule has 0 saturated carbocycles. The molecule has 1 heterocycles. The Kier molecular flexibility index (Phi) is 3.21. The Balaban J connectivity index is 2.54. The lowest BCUT2D eigenvalue weighted by Crippen LogP contribution is -2.26. The fraction of sp³-hybridized carbons (Fsp3) is 0.571. The van der Waals surface area contributed by atoms with E-state index in [-0.39, 0.29) is 23.3 Å². The molecule has 1 aliphatic heterocycles. The summed E-state index contributed by atoms with van der Waals surface area (Å²) < 4.78 is 35.9. The maximum atomic E-state index is 13.3. The molecule has 0 radical (unpaired) electrons.